The molecule has 0 aliphatic carbocycles. The largest absolute Gasteiger partial charge is 0.417 e. The molecule has 0 saturated heterocycles. The second-order valence-electron chi connectivity index (χ2n) is 7.54. The predicted octanol–water partition coefficient (Wildman–Crippen LogP) is 9.13. The van der Waals surface area contributed by atoms with Crippen molar-refractivity contribution in [3.8, 4) is 0 Å². The molecule has 0 bridgehead atoms. The average molecular weight is 621 g/mol. The molecule has 202 valence electrons. The number of anilines is 1. The fourth-order valence-corrected chi connectivity index (χ4v) is 3.87. The van der Waals surface area contributed by atoms with Gasteiger partial charge in [0.1, 0.15) is 16.9 Å². The van der Waals surface area contributed by atoms with Crippen molar-refractivity contribution < 1.29 is 35.5 Å². The van der Waals surface area contributed by atoms with Crippen LogP contribution in [0.5, 0.6) is 0 Å². The van der Waals surface area contributed by atoms with Crippen LogP contribution in [0.1, 0.15) is 33.0 Å². The number of hydrazine groups is 1. The Morgan fingerprint density at radius 3 is 2.08 bits per heavy atom. The van der Waals surface area contributed by atoms with Crippen LogP contribution in [0.3, 0.4) is 0 Å². The average Bonchev–Trinajstić information content (AvgIpc) is 2.83. The number of allylic oxidation sites excluding steroid dienone is 1. The minimum atomic E-state index is -5.16. The number of pyridine rings is 1. The van der Waals surface area contributed by atoms with Crippen LogP contribution in [-0.4, -0.2) is 17.1 Å². The van der Waals surface area contributed by atoms with Crippen molar-refractivity contribution in [1.82, 2.24) is 10.4 Å². The number of carbonyl (C=O) groups excluding carboxylic acids is 1. The van der Waals surface area contributed by atoms with Gasteiger partial charge in [-0.25, -0.2) is 9.37 Å². The number of carbonyl (C=O) groups is 1. The summed E-state index contributed by atoms with van der Waals surface area (Å²) < 4.78 is 97.3. The van der Waals surface area contributed by atoms with E-state index in [-0.39, 0.29) is 38.1 Å². The Morgan fingerprint density at radius 2 is 1.55 bits per heavy atom. The molecule has 0 fully saturated rings. The van der Waals surface area contributed by atoms with Crippen molar-refractivity contribution in [2.75, 3.05) is 5.43 Å². The molecule has 1 amide bonds. The SMILES string of the molecule is O=C(NNc1ccc(Cl)nc1)c1ccc(C(F)=CC(c2cc(Cl)c(Cl)c(Cl)c2)C(F)(F)F)cc1C(F)(F)F. The summed E-state index contributed by atoms with van der Waals surface area (Å²) in [6.45, 7) is 0. The van der Waals surface area contributed by atoms with Crippen LogP contribution in [0.15, 0.2) is 54.7 Å². The number of nitrogens with one attached hydrogen (secondary N) is 2. The normalized spacial score (nSPS) is 13.3. The summed E-state index contributed by atoms with van der Waals surface area (Å²) in [5.74, 6) is -5.54. The van der Waals surface area contributed by atoms with E-state index in [0.717, 1.165) is 18.2 Å². The number of hydrogen-bond donors (Lipinski definition) is 2. The van der Waals surface area contributed by atoms with Gasteiger partial charge in [0, 0.05) is 5.56 Å². The van der Waals surface area contributed by atoms with Crippen LogP contribution < -0.4 is 10.9 Å². The highest BCUT2D eigenvalue weighted by atomic mass is 35.5. The van der Waals surface area contributed by atoms with Gasteiger partial charge in [0.25, 0.3) is 5.91 Å². The topological polar surface area (TPSA) is 54.0 Å². The maximum atomic E-state index is 15.0. The maximum Gasteiger partial charge on any atom is 0.417 e. The van der Waals surface area contributed by atoms with Gasteiger partial charge in [-0.3, -0.25) is 15.6 Å². The van der Waals surface area contributed by atoms with Crippen LogP contribution in [0.2, 0.25) is 20.2 Å². The molecule has 0 saturated carbocycles. The fraction of sp³-hybridized carbons (Fsp3) is 0.130. The first-order chi connectivity index (χ1) is 17.6. The van der Waals surface area contributed by atoms with E-state index in [4.69, 9.17) is 46.4 Å². The summed E-state index contributed by atoms with van der Waals surface area (Å²) in [7, 11) is 0. The maximum absolute atomic E-state index is 15.0. The Labute approximate surface area is 230 Å². The Bertz CT molecular complexity index is 1350. The van der Waals surface area contributed by atoms with Crippen molar-refractivity contribution in [1.29, 1.82) is 0 Å². The van der Waals surface area contributed by atoms with Crippen LogP contribution in [-0.2, 0) is 6.18 Å². The van der Waals surface area contributed by atoms with Crippen molar-refractivity contribution in [2.24, 2.45) is 0 Å². The molecule has 0 spiro atoms. The summed E-state index contributed by atoms with van der Waals surface area (Å²) in [5, 5.41) is -0.778. The molecule has 15 heteroatoms. The zero-order valence-electron chi connectivity index (χ0n) is 18.3. The molecule has 0 radical (unpaired) electrons. The minimum Gasteiger partial charge on any atom is -0.297 e. The second-order valence-corrected chi connectivity index (χ2v) is 9.12. The van der Waals surface area contributed by atoms with Crippen LogP contribution in [0, 0.1) is 0 Å². The fourth-order valence-electron chi connectivity index (χ4n) is 3.15. The van der Waals surface area contributed by atoms with Crippen molar-refractivity contribution in [2.45, 2.75) is 18.3 Å². The van der Waals surface area contributed by atoms with E-state index in [9.17, 15) is 35.5 Å². The minimum absolute atomic E-state index is 0.0697. The third-order valence-corrected chi connectivity index (χ3v) is 6.34. The van der Waals surface area contributed by atoms with Gasteiger partial charge in [0.05, 0.1) is 38.1 Å². The van der Waals surface area contributed by atoms with Crippen LogP contribution >= 0.6 is 46.4 Å². The summed E-state index contributed by atoms with van der Waals surface area (Å²) in [6, 6.07) is 5.93. The lowest BCUT2D eigenvalue weighted by Crippen LogP contribution is -2.31. The summed E-state index contributed by atoms with van der Waals surface area (Å²) in [4.78, 5) is 16.1. The first kappa shape index (κ1) is 29.8. The van der Waals surface area contributed by atoms with Crippen molar-refractivity contribution in [3.05, 3.63) is 97.2 Å². The lowest BCUT2D eigenvalue weighted by molar-refractivity contribution is -0.140. The Kier molecular flexibility index (Phi) is 9.08. The summed E-state index contributed by atoms with van der Waals surface area (Å²) in [6.07, 6.45) is -8.98. The third-order valence-electron chi connectivity index (χ3n) is 4.92. The van der Waals surface area contributed by atoms with Crippen LogP contribution in [0.4, 0.5) is 36.4 Å². The Morgan fingerprint density at radius 1 is 0.921 bits per heavy atom. The van der Waals surface area contributed by atoms with Gasteiger partial charge < -0.3 is 0 Å². The molecule has 3 aromatic rings. The molecular weight excluding hydrogens is 609 g/mol. The van der Waals surface area contributed by atoms with Gasteiger partial charge in [-0.1, -0.05) is 52.5 Å². The molecule has 1 heterocycles. The monoisotopic (exact) mass is 619 g/mol. The molecule has 3 rings (SSSR count). The molecular formula is C23H12Cl4F7N3O. The zero-order chi connectivity index (χ0) is 28.4. The lowest BCUT2D eigenvalue weighted by Gasteiger charge is -2.19. The Balaban J connectivity index is 1.97. The van der Waals surface area contributed by atoms with E-state index in [2.05, 4.69) is 10.4 Å². The molecule has 2 aromatic carbocycles. The van der Waals surface area contributed by atoms with Gasteiger partial charge in [0.15, 0.2) is 0 Å². The van der Waals surface area contributed by atoms with E-state index in [1.165, 1.54) is 18.3 Å². The molecule has 1 atom stereocenters. The van der Waals surface area contributed by atoms with E-state index in [1.54, 1.807) is 0 Å². The number of halogens is 11. The zero-order valence-corrected chi connectivity index (χ0v) is 21.3. The smallest absolute Gasteiger partial charge is 0.297 e. The highest BCUT2D eigenvalue weighted by Gasteiger charge is 2.41. The summed E-state index contributed by atoms with van der Waals surface area (Å²) in [5.41, 5.74) is 0.567. The van der Waals surface area contributed by atoms with Crippen molar-refractivity contribution in [3.63, 3.8) is 0 Å². The first-order valence-corrected chi connectivity index (χ1v) is 11.6. The van der Waals surface area contributed by atoms with Gasteiger partial charge >= 0.3 is 12.4 Å². The van der Waals surface area contributed by atoms with E-state index < -0.39 is 52.3 Å². The summed E-state index contributed by atoms with van der Waals surface area (Å²) >= 11 is 22.9. The molecule has 0 aliphatic heterocycles. The number of alkyl halides is 6. The predicted molar refractivity (Wildman–Crippen MR) is 131 cm³/mol. The third kappa shape index (κ3) is 7.22. The number of aromatic nitrogens is 1. The van der Waals surface area contributed by atoms with E-state index in [0.29, 0.717) is 6.07 Å². The molecule has 1 unspecified atom stereocenters. The van der Waals surface area contributed by atoms with Gasteiger partial charge in [-0.15, -0.1) is 0 Å². The molecule has 38 heavy (non-hydrogen) atoms. The van der Waals surface area contributed by atoms with Gasteiger partial charge in [-0.05, 0) is 48.0 Å². The number of rotatable bonds is 6. The standard InChI is InChI=1S/C23H12Cl4F7N3O/c24-16-6-11(7-17(25)20(16)27)14(22(29,30)31)8-18(28)10-1-3-13(15(5-10)23(32,33)34)21(38)37-36-12-2-4-19(26)35-9-12/h1-9,14,36H,(H,37,38). The Hall–Kier alpha value is -2.73. The number of nitrogens with zero attached hydrogens (tertiary/aromatic N) is 1. The molecule has 2 N–H and O–H groups in total. The quantitative estimate of drug-likeness (QED) is 0.125. The molecule has 4 nitrogen and oxygen atoms in total. The number of amides is 1. The lowest BCUT2D eigenvalue weighted by atomic mass is 9.95. The number of hydrogen-bond acceptors (Lipinski definition) is 3. The van der Waals surface area contributed by atoms with E-state index in [1.807, 2.05) is 5.43 Å². The number of benzene rings is 2. The molecule has 0 aliphatic rings. The second kappa shape index (κ2) is 11.6. The van der Waals surface area contributed by atoms with E-state index >= 15 is 0 Å². The highest BCUT2D eigenvalue weighted by Crippen LogP contribution is 2.42. The highest BCUT2D eigenvalue weighted by molar-refractivity contribution is 6.48. The van der Waals surface area contributed by atoms with Gasteiger partial charge in [-0.2, -0.15) is 26.3 Å². The van der Waals surface area contributed by atoms with Crippen molar-refractivity contribution >= 4 is 63.8 Å². The first-order valence-electron chi connectivity index (χ1n) is 10.1. The van der Waals surface area contributed by atoms with Gasteiger partial charge in [0.2, 0.25) is 0 Å². The van der Waals surface area contributed by atoms with Crippen LogP contribution in [0.25, 0.3) is 5.83 Å². The molecule has 1 aromatic heterocycles.